The van der Waals surface area contributed by atoms with Crippen LogP contribution in [0.5, 0.6) is 0 Å². The van der Waals surface area contributed by atoms with Gasteiger partial charge in [0.25, 0.3) is 0 Å². The van der Waals surface area contributed by atoms with Crippen LogP contribution in [0.4, 0.5) is 23.4 Å². The second-order valence-corrected chi connectivity index (χ2v) is 9.21. The molecule has 5 rings (SSSR count). The number of nitrogens with one attached hydrogen (secondary N) is 1. The second-order valence-electron chi connectivity index (χ2n) is 9.21. The van der Waals surface area contributed by atoms with E-state index in [4.69, 9.17) is 0 Å². The molecule has 0 atom stereocenters. The van der Waals surface area contributed by atoms with E-state index in [1.807, 2.05) is 36.4 Å². The average molecular weight is 495 g/mol. The Morgan fingerprint density at radius 2 is 1.72 bits per heavy atom. The van der Waals surface area contributed by atoms with E-state index in [0.717, 1.165) is 49.7 Å². The second kappa shape index (κ2) is 10.2. The molecule has 0 spiro atoms. The zero-order chi connectivity index (χ0) is 25.1. The molecular weight excluding hydrogens is 468 g/mol. The number of alkyl halides is 3. The number of benzene rings is 2. The minimum atomic E-state index is -4.53. The molecule has 1 saturated heterocycles. The van der Waals surface area contributed by atoms with Crippen molar-refractivity contribution in [3.63, 3.8) is 0 Å². The maximum Gasteiger partial charge on any atom is 0.433 e. The third-order valence-corrected chi connectivity index (χ3v) is 6.66. The molecule has 1 aliphatic rings. The van der Waals surface area contributed by atoms with Crippen LogP contribution in [0.15, 0.2) is 72.9 Å². The Hall–Kier alpha value is -3.52. The highest BCUT2D eigenvalue weighted by Crippen LogP contribution is 2.35. The molecule has 0 aliphatic carbocycles. The van der Waals surface area contributed by atoms with E-state index in [9.17, 15) is 17.6 Å². The molecule has 4 nitrogen and oxygen atoms in total. The summed E-state index contributed by atoms with van der Waals surface area (Å²) in [6.07, 6.45) is -0.995. The summed E-state index contributed by atoms with van der Waals surface area (Å²) in [5.74, 6) is 0.719. The lowest BCUT2D eigenvalue weighted by atomic mass is 9.96. The lowest BCUT2D eigenvalue weighted by molar-refractivity contribution is -0.140. The topological polar surface area (TPSA) is 41.0 Å². The van der Waals surface area contributed by atoms with Crippen LogP contribution in [-0.2, 0) is 12.7 Å². The van der Waals surface area contributed by atoms with Crippen molar-refractivity contribution in [3.05, 3.63) is 90.0 Å². The monoisotopic (exact) mass is 494 g/mol. The third kappa shape index (κ3) is 5.49. The van der Waals surface area contributed by atoms with Gasteiger partial charge in [-0.15, -0.1) is 0 Å². The lowest BCUT2D eigenvalue weighted by Gasteiger charge is -2.32. The van der Waals surface area contributed by atoms with Crippen molar-refractivity contribution in [2.75, 3.05) is 25.0 Å². The van der Waals surface area contributed by atoms with Gasteiger partial charge in [0.05, 0.1) is 5.52 Å². The number of hydrogen-bond donors (Lipinski definition) is 1. The van der Waals surface area contributed by atoms with Crippen LogP contribution in [0.1, 0.15) is 24.1 Å². The van der Waals surface area contributed by atoms with Crippen molar-refractivity contribution >= 4 is 16.7 Å². The molecule has 0 unspecified atom stereocenters. The van der Waals surface area contributed by atoms with E-state index in [2.05, 4.69) is 20.2 Å². The highest BCUT2D eigenvalue weighted by atomic mass is 19.4. The van der Waals surface area contributed by atoms with Crippen molar-refractivity contribution in [1.29, 1.82) is 0 Å². The lowest BCUT2D eigenvalue weighted by Crippen LogP contribution is -2.35. The van der Waals surface area contributed by atoms with Gasteiger partial charge in [-0.3, -0.25) is 4.90 Å². The van der Waals surface area contributed by atoms with E-state index < -0.39 is 11.9 Å². The van der Waals surface area contributed by atoms with Gasteiger partial charge in [-0.25, -0.2) is 14.4 Å². The number of hydrogen-bond acceptors (Lipinski definition) is 4. The molecule has 186 valence electrons. The standard InChI is InChI=1S/C28H26F4N4/c29-22-8-4-5-20(15-22)18-36-13-11-19(12-14-36)16-33-27-23-9-10-25(28(30,31)32)35-26(23)24(17-34-27)21-6-2-1-3-7-21/h1-10,15,17,19H,11-14,16,18H2,(H,33,34). The SMILES string of the molecule is Fc1cccc(CN2CCC(CNc3ncc(-c4ccccc4)c4nc(C(F)(F)F)ccc34)CC2)c1. The fourth-order valence-corrected chi connectivity index (χ4v) is 4.73. The molecule has 1 aliphatic heterocycles. The Morgan fingerprint density at radius 1 is 0.944 bits per heavy atom. The van der Waals surface area contributed by atoms with Gasteiger partial charge in [-0.05, 0) is 67.2 Å². The maximum atomic E-state index is 13.5. The van der Waals surface area contributed by atoms with E-state index >= 15 is 0 Å². The summed E-state index contributed by atoms with van der Waals surface area (Å²) in [6.45, 7) is 3.20. The van der Waals surface area contributed by atoms with E-state index in [1.54, 1.807) is 18.3 Å². The normalized spacial score (nSPS) is 15.3. The van der Waals surface area contributed by atoms with Crippen LogP contribution in [0.3, 0.4) is 0 Å². The van der Waals surface area contributed by atoms with Gasteiger partial charge >= 0.3 is 6.18 Å². The summed E-state index contributed by atoms with van der Waals surface area (Å²) in [7, 11) is 0. The summed E-state index contributed by atoms with van der Waals surface area (Å²) >= 11 is 0. The van der Waals surface area contributed by atoms with Crippen molar-refractivity contribution in [2.45, 2.75) is 25.6 Å². The summed E-state index contributed by atoms with van der Waals surface area (Å²) in [6, 6.07) is 18.3. The fraction of sp³-hybridized carbons (Fsp3) is 0.286. The van der Waals surface area contributed by atoms with Crippen LogP contribution in [0.25, 0.3) is 22.0 Å². The summed E-state index contributed by atoms with van der Waals surface area (Å²) in [4.78, 5) is 10.9. The molecule has 36 heavy (non-hydrogen) atoms. The molecule has 1 N–H and O–H groups in total. The molecular formula is C28H26F4N4. The van der Waals surface area contributed by atoms with Gasteiger partial charge < -0.3 is 5.32 Å². The van der Waals surface area contributed by atoms with E-state index in [-0.39, 0.29) is 11.3 Å². The molecule has 2 aromatic heterocycles. The van der Waals surface area contributed by atoms with E-state index in [1.165, 1.54) is 12.1 Å². The Bertz CT molecular complexity index is 1330. The quantitative estimate of drug-likeness (QED) is 0.300. The number of rotatable bonds is 6. The Morgan fingerprint density at radius 3 is 2.44 bits per heavy atom. The molecule has 0 amide bonds. The summed E-state index contributed by atoms with van der Waals surface area (Å²) in [5.41, 5.74) is 1.65. The van der Waals surface area contributed by atoms with Gasteiger partial charge in [0.1, 0.15) is 17.3 Å². The Kier molecular flexibility index (Phi) is 6.87. The number of pyridine rings is 2. The van der Waals surface area contributed by atoms with Gasteiger partial charge in [0, 0.05) is 30.2 Å². The van der Waals surface area contributed by atoms with Gasteiger partial charge in [0.2, 0.25) is 0 Å². The van der Waals surface area contributed by atoms with Crippen molar-refractivity contribution < 1.29 is 17.6 Å². The summed E-state index contributed by atoms with van der Waals surface area (Å²) < 4.78 is 53.7. The number of anilines is 1. The Labute approximate surface area is 207 Å². The van der Waals surface area contributed by atoms with Crippen molar-refractivity contribution in [1.82, 2.24) is 14.9 Å². The van der Waals surface area contributed by atoms with Gasteiger partial charge in [0.15, 0.2) is 0 Å². The van der Waals surface area contributed by atoms with Gasteiger partial charge in [-0.2, -0.15) is 13.2 Å². The minimum absolute atomic E-state index is 0.221. The number of piperidine rings is 1. The first-order valence-corrected chi connectivity index (χ1v) is 12.0. The predicted molar refractivity (Wildman–Crippen MR) is 133 cm³/mol. The number of halogens is 4. The molecule has 8 heteroatoms. The molecule has 0 saturated carbocycles. The maximum absolute atomic E-state index is 13.5. The summed E-state index contributed by atoms with van der Waals surface area (Å²) in [5, 5.41) is 3.93. The smallest absolute Gasteiger partial charge is 0.369 e. The van der Waals surface area contributed by atoms with Crippen LogP contribution >= 0.6 is 0 Å². The number of likely N-dealkylation sites (tertiary alicyclic amines) is 1. The van der Waals surface area contributed by atoms with Gasteiger partial charge in [-0.1, -0.05) is 42.5 Å². The molecule has 1 fully saturated rings. The first-order valence-electron chi connectivity index (χ1n) is 12.0. The highest BCUT2D eigenvalue weighted by Gasteiger charge is 2.33. The minimum Gasteiger partial charge on any atom is -0.369 e. The zero-order valence-corrected chi connectivity index (χ0v) is 19.6. The number of aromatic nitrogens is 2. The van der Waals surface area contributed by atoms with Crippen LogP contribution in [0, 0.1) is 11.7 Å². The van der Waals surface area contributed by atoms with Crippen LogP contribution in [-0.4, -0.2) is 34.5 Å². The van der Waals surface area contributed by atoms with Crippen molar-refractivity contribution in [2.24, 2.45) is 5.92 Å². The fourth-order valence-electron chi connectivity index (χ4n) is 4.73. The largest absolute Gasteiger partial charge is 0.433 e. The van der Waals surface area contributed by atoms with Crippen LogP contribution < -0.4 is 5.32 Å². The predicted octanol–water partition coefficient (Wildman–Crippen LogP) is 6.78. The molecule has 4 aromatic rings. The number of fused-ring (bicyclic) bond motifs is 1. The first-order chi connectivity index (χ1) is 17.4. The molecule has 3 heterocycles. The Balaban J connectivity index is 1.30. The zero-order valence-electron chi connectivity index (χ0n) is 19.6. The average Bonchev–Trinajstić information content (AvgIpc) is 2.88. The molecule has 0 bridgehead atoms. The van der Waals surface area contributed by atoms with Crippen LogP contribution in [0.2, 0.25) is 0 Å². The van der Waals surface area contributed by atoms with E-state index in [0.29, 0.717) is 29.2 Å². The highest BCUT2D eigenvalue weighted by molar-refractivity contribution is 5.99. The molecule has 0 radical (unpaired) electrons. The molecule has 2 aromatic carbocycles. The third-order valence-electron chi connectivity index (χ3n) is 6.66. The first kappa shape index (κ1) is 24.2. The number of nitrogens with zero attached hydrogens (tertiary/aromatic N) is 3. The van der Waals surface area contributed by atoms with Crippen molar-refractivity contribution in [3.8, 4) is 11.1 Å².